The molecule has 0 fully saturated rings. The van der Waals surface area contributed by atoms with E-state index in [1.807, 2.05) is 0 Å². The first kappa shape index (κ1) is 24.7. The number of hydrogen-bond donors (Lipinski definition) is 0. The summed E-state index contributed by atoms with van der Waals surface area (Å²) in [4.78, 5) is 2.37. The molecule has 0 spiro atoms. The molecule has 0 aliphatic carbocycles. The predicted octanol–water partition coefficient (Wildman–Crippen LogP) is 11.7. The lowest BCUT2D eigenvalue weighted by molar-refractivity contribution is 1.18. The van der Waals surface area contributed by atoms with Crippen LogP contribution in [-0.4, -0.2) is 4.57 Å². The van der Waals surface area contributed by atoms with E-state index in [9.17, 15) is 0 Å². The summed E-state index contributed by atoms with van der Waals surface area (Å²) in [6.45, 7) is 0. The smallest absolute Gasteiger partial charge is 0.0561 e. The Hall–Kier alpha value is -5.86. The maximum absolute atomic E-state index is 2.38. The molecule has 0 N–H and O–H groups in total. The van der Waals surface area contributed by atoms with Crippen LogP contribution in [-0.2, 0) is 0 Å². The fourth-order valence-corrected chi connectivity index (χ4v) is 6.94. The molecule has 0 atom stereocenters. The highest BCUT2D eigenvalue weighted by Crippen LogP contribution is 2.41. The SMILES string of the molecule is c1ccc(N(c2ccc3c(ccc4ccc5ccccc5c43)c2)c2ccc3c4ccccc4n(-c4ccccc4)c3c2)cc1. The largest absolute Gasteiger partial charge is 0.310 e. The molecule has 0 amide bonds. The van der Waals surface area contributed by atoms with Gasteiger partial charge in [0, 0.05) is 33.5 Å². The van der Waals surface area contributed by atoms with Crippen LogP contribution in [0.4, 0.5) is 17.1 Å². The highest BCUT2D eigenvalue weighted by Gasteiger charge is 2.18. The van der Waals surface area contributed by atoms with E-state index in [4.69, 9.17) is 0 Å². The van der Waals surface area contributed by atoms with E-state index in [2.05, 4.69) is 179 Å². The molecule has 2 nitrogen and oxygen atoms in total. The van der Waals surface area contributed by atoms with Gasteiger partial charge in [0.15, 0.2) is 0 Å². The van der Waals surface area contributed by atoms with Crippen molar-refractivity contribution in [1.29, 1.82) is 0 Å². The molecule has 8 aromatic carbocycles. The lowest BCUT2D eigenvalue weighted by Gasteiger charge is -2.26. The van der Waals surface area contributed by atoms with Crippen molar-refractivity contribution in [2.24, 2.45) is 0 Å². The summed E-state index contributed by atoms with van der Waals surface area (Å²) >= 11 is 0. The Morgan fingerprint density at radius 3 is 1.73 bits per heavy atom. The molecule has 1 aromatic heterocycles. The Kier molecular flexibility index (Phi) is 5.54. The van der Waals surface area contributed by atoms with Gasteiger partial charge >= 0.3 is 0 Å². The van der Waals surface area contributed by atoms with E-state index < -0.39 is 0 Å². The highest BCUT2D eigenvalue weighted by atomic mass is 15.1. The summed E-state index contributed by atoms with van der Waals surface area (Å²) < 4.78 is 2.38. The molecular weight excluding hydrogens is 532 g/mol. The molecule has 0 aliphatic heterocycles. The summed E-state index contributed by atoms with van der Waals surface area (Å²) in [6.07, 6.45) is 0. The molecule has 2 heteroatoms. The molecule has 9 aromatic rings. The second-order valence-electron chi connectivity index (χ2n) is 11.4. The van der Waals surface area contributed by atoms with Gasteiger partial charge in [0.05, 0.1) is 11.0 Å². The van der Waals surface area contributed by atoms with Gasteiger partial charge in [-0.2, -0.15) is 0 Å². The summed E-state index contributed by atoms with van der Waals surface area (Å²) in [6, 6.07) is 61.5. The van der Waals surface area contributed by atoms with E-state index in [0.717, 1.165) is 22.7 Å². The second-order valence-corrected chi connectivity index (χ2v) is 11.4. The number of rotatable bonds is 4. The molecule has 0 unspecified atom stereocenters. The van der Waals surface area contributed by atoms with Gasteiger partial charge in [-0.05, 0) is 86.9 Å². The lowest BCUT2D eigenvalue weighted by atomic mass is 9.96. The molecule has 0 bridgehead atoms. The predicted molar refractivity (Wildman–Crippen MR) is 188 cm³/mol. The van der Waals surface area contributed by atoms with Gasteiger partial charge < -0.3 is 9.47 Å². The third-order valence-corrected chi connectivity index (χ3v) is 8.91. The summed E-state index contributed by atoms with van der Waals surface area (Å²) in [5, 5.41) is 10.1. The Balaban J connectivity index is 1.29. The van der Waals surface area contributed by atoms with Gasteiger partial charge in [0.1, 0.15) is 0 Å². The summed E-state index contributed by atoms with van der Waals surface area (Å²) in [5.41, 5.74) is 6.93. The summed E-state index contributed by atoms with van der Waals surface area (Å²) in [5.74, 6) is 0. The van der Waals surface area contributed by atoms with E-state index in [1.165, 1.54) is 54.1 Å². The van der Waals surface area contributed by atoms with E-state index in [-0.39, 0.29) is 0 Å². The van der Waals surface area contributed by atoms with Crippen LogP contribution in [0, 0.1) is 0 Å². The van der Waals surface area contributed by atoms with E-state index >= 15 is 0 Å². The number of hydrogen-bond acceptors (Lipinski definition) is 1. The van der Waals surface area contributed by atoms with Crippen LogP contribution < -0.4 is 4.90 Å². The maximum Gasteiger partial charge on any atom is 0.0561 e. The van der Waals surface area contributed by atoms with Crippen LogP contribution in [0.25, 0.3) is 59.8 Å². The van der Waals surface area contributed by atoms with Gasteiger partial charge in [-0.1, -0.05) is 115 Å². The minimum atomic E-state index is 1.12. The van der Waals surface area contributed by atoms with Crippen LogP contribution in [0.2, 0.25) is 0 Å². The topological polar surface area (TPSA) is 8.17 Å². The Bertz CT molecular complexity index is 2490. The quantitative estimate of drug-likeness (QED) is 0.194. The van der Waals surface area contributed by atoms with Crippen molar-refractivity contribution in [3.05, 3.63) is 170 Å². The minimum Gasteiger partial charge on any atom is -0.310 e. The van der Waals surface area contributed by atoms with Crippen molar-refractivity contribution < 1.29 is 0 Å². The number of fused-ring (bicyclic) bond motifs is 8. The molecule has 0 saturated heterocycles. The Morgan fingerprint density at radius 1 is 0.341 bits per heavy atom. The van der Waals surface area contributed by atoms with Gasteiger partial charge in [-0.25, -0.2) is 0 Å². The standard InChI is InChI=1S/C42H28N2/c1-3-12-32(13-4-1)43(34-23-25-37-31(27-34)22-21-30-20-19-29-11-7-8-16-36(29)42(30)37)35-24-26-39-38-17-9-10-18-40(38)44(41(39)28-35)33-14-5-2-6-15-33/h1-28H. The minimum absolute atomic E-state index is 1.12. The van der Waals surface area contributed by atoms with Crippen LogP contribution in [0.1, 0.15) is 0 Å². The number of para-hydroxylation sites is 3. The highest BCUT2D eigenvalue weighted by molar-refractivity contribution is 6.20. The molecule has 206 valence electrons. The lowest BCUT2D eigenvalue weighted by Crippen LogP contribution is -2.10. The fourth-order valence-electron chi connectivity index (χ4n) is 6.94. The number of nitrogens with zero attached hydrogens (tertiary/aromatic N) is 2. The Labute approximate surface area is 255 Å². The molecule has 0 radical (unpaired) electrons. The van der Waals surface area contributed by atoms with Gasteiger partial charge in [0.2, 0.25) is 0 Å². The zero-order valence-corrected chi connectivity index (χ0v) is 24.1. The zero-order chi connectivity index (χ0) is 29.0. The normalized spacial score (nSPS) is 11.6. The Morgan fingerprint density at radius 2 is 0.909 bits per heavy atom. The first-order valence-corrected chi connectivity index (χ1v) is 15.1. The fraction of sp³-hybridized carbons (Fsp3) is 0. The first-order valence-electron chi connectivity index (χ1n) is 15.1. The second kappa shape index (κ2) is 9.86. The van der Waals surface area contributed by atoms with Gasteiger partial charge in [-0.15, -0.1) is 0 Å². The molecule has 0 saturated carbocycles. The molecule has 44 heavy (non-hydrogen) atoms. The van der Waals surface area contributed by atoms with Crippen molar-refractivity contribution >= 4 is 71.2 Å². The first-order chi connectivity index (χ1) is 21.8. The number of aromatic nitrogens is 1. The molecule has 0 aliphatic rings. The van der Waals surface area contributed by atoms with Crippen molar-refractivity contribution in [2.75, 3.05) is 4.90 Å². The van der Waals surface area contributed by atoms with Crippen molar-refractivity contribution in [3.63, 3.8) is 0 Å². The van der Waals surface area contributed by atoms with Gasteiger partial charge in [-0.3, -0.25) is 0 Å². The van der Waals surface area contributed by atoms with Crippen LogP contribution in [0.3, 0.4) is 0 Å². The van der Waals surface area contributed by atoms with Crippen LogP contribution in [0.15, 0.2) is 170 Å². The van der Waals surface area contributed by atoms with Gasteiger partial charge in [0.25, 0.3) is 0 Å². The van der Waals surface area contributed by atoms with E-state index in [1.54, 1.807) is 0 Å². The van der Waals surface area contributed by atoms with E-state index in [0.29, 0.717) is 0 Å². The average Bonchev–Trinajstić information content (AvgIpc) is 3.42. The summed E-state index contributed by atoms with van der Waals surface area (Å²) in [7, 11) is 0. The zero-order valence-electron chi connectivity index (χ0n) is 24.1. The third kappa shape index (κ3) is 3.82. The van der Waals surface area contributed by atoms with Crippen molar-refractivity contribution in [1.82, 2.24) is 4.57 Å². The number of anilines is 3. The molecular formula is C42H28N2. The monoisotopic (exact) mass is 560 g/mol. The van der Waals surface area contributed by atoms with Crippen LogP contribution >= 0.6 is 0 Å². The number of benzene rings is 8. The maximum atomic E-state index is 2.38. The van der Waals surface area contributed by atoms with Crippen LogP contribution in [0.5, 0.6) is 0 Å². The average molecular weight is 561 g/mol. The molecule has 9 rings (SSSR count). The molecule has 1 heterocycles. The third-order valence-electron chi connectivity index (χ3n) is 8.91. The van der Waals surface area contributed by atoms with Crippen molar-refractivity contribution in [3.8, 4) is 5.69 Å². The van der Waals surface area contributed by atoms with Crippen molar-refractivity contribution in [2.45, 2.75) is 0 Å².